The van der Waals surface area contributed by atoms with Crippen LogP contribution in [0.25, 0.3) is 0 Å². The summed E-state index contributed by atoms with van der Waals surface area (Å²) in [5.74, 6) is -3.27. The SMILES string of the molecule is CCCCC/C=C\C/C=C\CCCCCCCC(=O)OC[C@H](CO[C@@H]1O[C@H](COC=O)[C@H](OC(C)=O)[C@H](OC(C)=O)[C@H]1OC(C)=O)OC(=O)CCCCCCCCCCCCCCC. The Morgan fingerprint density at radius 2 is 0.984 bits per heavy atom. The average Bonchev–Trinajstić information content (AvgIpc) is 3.25. The zero-order valence-electron chi connectivity index (χ0n) is 40.1. The largest absolute Gasteiger partial charge is 0.465 e. The molecule has 0 amide bonds. The smallest absolute Gasteiger partial charge is 0.306 e. The molecule has 0 unspecified atom stereocenters. The number of allylic oxidation sites excluding steroid dienone is 4. The molecule has 0 bridgehead atoms. The lowest BCUT2D eigenvalue weighted by molar-refractivity contribution is -0.311. The molecule has 0 saturated carbocycles. The van der Waals surface area contributed by atoms with Gasteiger partial charge in [0.2, 0.25) is 0 Å². The van der Waals surface area contributed by atoms with Crippen LogP contribution in [0.5, 0.6) is 0 Å². The Morgan fingerprint density at radius 3 is 1.52 bits per heavy atom. The molecule has 64 heavy (non-hydrogen) atoms. The first-order chi connectivity index (χ1) is 31.0. The third-order valence-corrected chi connectivity index (χ3v) is 10.8. The van der Waals surface area contributed by atoms with Crippen LogP contribution in [-0.2, 0) is 66.7 Å². The Balaban J connectivity index is 2.81. The van der Waals surface area contributed by atoms with E-state index in [1.165, 1.54) is 77.0 Å². The summed E-state index contributed by atoms with van der Waals surface area (Å²) in [6.07, 6.45) is 28.1. The van der Waals surface area contributed by atoms with Gasteiger partial charge in [0.05, 0.1) is 6.61 Å². The van der Waals surface area contributed by atoms with E-state index in [4.69, 9.17) is 37.9 Å². The van der Waals surface area contributed by atoms with Crippen molar-refractivity contribution in [3.8, 4) is 0 Å². The maximum atomic E-state index is 13.1. The van der Waals surface area contributed by atoms with Crippen LogP contribution in [0.15, 0.2) is 24.3 Å². The van der Waals surface area contributed by atoms with E-state index in [1.54, 1.807) is 0 Å². The first-order valence-electron chi connectivity index (χ1n) is 24.5. The number of hydrogen-bond acceptors (Lipinski definition) is 14. The lowest BCUT2D eigenvalue weighted by Crippen LogP contribution is -2.63. The fraction of sp³-hybridized carbons (Fsp3) is 0.800. The van der Waals surface area contributed by atoms with Crippen LogP contribution in [0.1, 0.15) is 202 Å². The van der Waals surface area contributed by atoms with Crippen molar-refractivity contribution in [1.29, 1.82) is 0 Å². The van der Waals surface area contributed by atoms with E-state index < -0.39 is 73.3 Å². The maximum absolute atomic E-state index is 13.1. The summed E-state index contributed by atoms with van der Waals surface area (Å²) in [4.78, 5) is 73.6. The lowest BCUT2D eigenvalue weighted by atomic mass is 9.98. The van der Waals surface area contributed by atoms with E-state index in [9.17, 15) is 28.8 Å². The topological polar surface area (TPSA) is 176 Å². The highest BCUT2D eigenvalue weighted by Gasteiger charge is 2.53. The predicted octanol–water partition coefficient (Wildman–Crippen LogP) is 10.4. The van der Waals surface area contributed by atoms with Gasteiger partial charge in [-0.05, 0) is 44.9 Å². The molecule has 0 aromatic heterocycles. The summed E-state index contributed by atoms with van der Waals surface area (Å²) in [5.41, 5.74) is 0. The molecule has 14 nitrogen and oxygen atoms in total. The summed E-state index contributed by atoms with van der Waals surface area (Å²) in [6.45, 7) is 6.85. The van der Waals surface area contributed by atoms with Gasteiger partial charge in [0.25, 0.3) is 6.47 Å². The fourth-order valence-corrected chi connectivity index (χ4v) is 7.45. The summed E-state index contributed by atoms with van der Waals surface area (Å²) >= 11 is 0. The molecule has 0 spiro atoms. The van der Waals surface area contributed by atoms with Crippen LogP contribution in [0, 0.1) is 0 Å². The second-order valence-corrected chi connectivity index (χ2v) is 16.8. The molecular formula is C50H84O14. The summed E-state index contributed by atoms with van der Waals surface area (Å²) in [6, 6.07) is 0. The van der Waals surface area contributed by atoms with Crippen molar-refractivity contribution < 1.29 is 66.7 Å². The van der Waals surface area contributed by atoms with E-state index in [0.29, 0.717) is 12.8 Å². The minimum atomic E-state index is -1.48. The van der Waals surface area contributed by atoms with Crippen LogP contribution in [0.2, 0.25) is 0 Å². The molecule has 0 aliphatic carbocycles. The van der Waals surface area contributed by atoms with Gasteiger partial charge < -0.3 is 37.9 Å². The minimum absolute atomic E-state index is 0.161. The third-order valence-electron chi connectivity index (χ3n) is 10.8. The van der Waals surface area contributed by atoms with Crippen molar-refractivity contribution >= 4 is 36.3 Å². The first-order valence-corrected chi connectivity index (χ1v) is 24.5. The number of carbonyl (C=O) groups excluding carboxylic acids is 6. The summed E-state index contributed by atoms with van der Waals surface area (Å²) < 4.78 is 44.6. The zero-order chi connectivity index (χ0) is 47.0. The highest BCUT2D eigenvalue weighted by molar-refractivity contribution is 5.70. The van der Waals surface area contributed by atoms with Gasteiger partial charge in [0, 0.05) is 33.6 Å². The number of carbonyl (C=O) groups is 6. The average molecular weight is 909 g/mol. The number of ether oxygens (including phenoxy) is 8. The number of esters is 5. The molecule has 368 valence electrons. The van der Waals surface area contributed by atoms with Gasteiger partial charge in [-0.1, -0.05) is 147 Å². The van der Waals surface area contributed by atoms with E-state index in [2.05, 4.69) is 38.2 Å². The Morgan fingerprint density at radius 1 is 0.531 bits per heavy atom. The van der Waals surface area contributed by atoms with Crippen molar-refractivity contribution in [2.24, 2.45) is 0 Å². The van der Waals surface area contributed by atoms with Gasteiger partial charge in [0.15, 0.2) is 30.7 Å². The summed E-state index contributed by atoms with van der Waals surface area (Å²) in [7, 11) is 0. The Kier molecular flexibility index (Phi) is 36.0. The molecule has 0 aromatic carbocycles. The Labute approximate surface area is 384 Å². The van der Waals surface area contributed by atoms with Gasteiger partial charge in [-0.2, -0.15) is 0 Å². The molecule has 0 N–H and O–H groups in total. The van der Waals surface area contributed by atoms with Crippen molar-refractivity contribution in [3.63, 3.8) is 0 Å². The van der Waals surface area contributed by atoms with E-state index in [1.807, 2.05) is 0 Å². The monoisotopic (exact) mass is 909 g/mol. The quantitative estimate of drug-likeness (QED) is 0.0187. The van der Waals surface area contributed by atoms with Crippen LogP contribution in [0.4, 0.5) is 0 Å². The molecule has 1 fully saturated rings. The molecule has 0 aromatic rings. The van der Waals surface area contributed by atoms with Crippen molar-refractivity contribution in [3.05, 3.63) is 24.3 Å². The predicted molar refractivity (Wildman–Crippen MR) is 244 cm³/mol. The van der Waals surface area contributed by atoms with Crippen LogP contribution in [0.3, 0.4) is 0 Å². The Bertz CT molecular complexity index is 1310. The van der Waals surface area contributed by atoms with E-state index in [0.717, 1.165) is 85.0 Å². The molecule has 1 saturated heterocycles. The van der Waals surface area contributed by atoms with E-state index in [-0.39, 0.29) is 32.5 Å². The van der Waals surface area contributed by atoms with Crippen molar-refractivity contribution in [2.75, 3.05) is 19.8 Å². The first kappa shape index (κ1) is 58.2. The molecule has 1 aliphatic heterocycles. The number of unbranched alkanes of at least 4 members (excludes halogenated alkanes) is 20. The fourth-order valence-electron chi connectivity index (χ4n) is 7.45. The second kappa shape index (κ2) is 39.6. The van der Waals surface area contributed by atoms with Gasteiger partial charge in [0.1, 0.15) is 19.3 Å². The highest BCUT2D eigenvalue weighted by Crippen LogP contribution is 2.30. The highest BCUT2D eigenvalue weighted by atomic mass is 16.7. The molecule has 6 atom stereocenters. The molecule has 0 radical (unpaired) electrons. The van der Waals surface area contributed by atoms with Crippen LogP contribution >= 0.6 is 0 Å². The molecule has 14 heteroatoms. The maximum Gasteiger partial charge on any atom is 0.306 e. The van der Waals surface area contributed by atoms with Crippen molar-refractivity contribution in [1.82, 2.24) is 0 Å². The van der Waals surface area contributed by atoms with Gasteiger partial charge >= 0.3 is 29.8 Å². The lowest BCUT2D eigenvalue weighted by Gasteiger charge is -2.44. The van der Waals surface area contributed by atoms with Crippen LogP contribution < -0.4 is 0 Å². The molecule has 1 aliphatic rings. The van der Waals surface area contributed by atoms with Gasteiger partial charge in [-0.25, -0.2) is 0 Å². The molecular weight excluding hydrogens is 825 g/mol. The van der Waals surface area contributed by atoms with Gasteiger partial charge in [-0.15, -0.1) is 0 Å². The molecule has 1 rings (SSSR count). The third kappa shape index (κ3) is 31.2. The van der Waals surface area contributed by atoms with E-state index >= 15 is 0 Å². The number of rotatable bonds is 40. The normalized spacial score (nSPS) is 19.0. The number of hydrogen-bond donors (Lipinski definition) is 0. The summed E-state index contributed by atoms with van der Waals surface area (Å²) in [5, 5.41) is 0. The van der Waals surface area contributed by atoms with Gasteiger partial charge in [-0.3, -0.25) is 28.8 Å². The van der Waals surface area contributed by atoms with Crippen molar-refractivity contribution in [2.45, 2.75) is 238 Å². The van der Waals surface area contributed by atoms with Crippen LogP contribution in [-0.4, -0.2) is 92.9 Å². The Hall–Kier alpha value is -3.78. The standard InChI is InChI=1S/C50H84O14/c1-6-8-10-12-14-16-18-20-21-23-24-26-28-30-32-34-45(55)58-36-43(63-46(56)35-33-31-29-27-25-22-19-17-15-13-11-9-7-2)37-59-50-49(62-42(5)54)48(61-41(4)53)47(60-40(3)52)44(64-50)38-57-39-51/h14,16,20-21,39,43-44,47-50H,6-13,15,17-19,22-38H2,1-5H3/b16-14-,21-20-/t43-,44-,47+,48+,49-,50-/m1/s1. The minimum Gasteiger partial charge on any atom is -0.465 e. The molecule has 1 heterocycles. The second-order valence-electron chi connectivity index (χ2n) is 16.8. The zero-order valence-corrected chi connectivity index (χ0v) is 40.1.